The number of thiophene rings is 1. The van der Waals surface area contributed by atoms with E-state index in [4.69, 9.17) is 0 Å². The van der Waals surface area contributed by atoms with Crippen molar-refractivity contribution < 1.29 is 9.59 Å². The Labute approximate surface area is 219 Å². The van der Waals surface area contributed by atoms with Crippen LogP contribution in [0.5, 0.6) is 0 Å². The first-order valence-corrected chi connectivity index (χ1v) is 13.3. The van der Waals surface area contributed by atoms with Crippen LogP contribution in [0.15, 0.2) is 66.3 Å². The van der Waals surface area contributed by atoms with Crippen molar-refractivity contribution in [3.8, 4) is 11.4 Å². The maximum atomic E-state index is 13.8. The quantitative estimate of drug-likeness (QED) is 0.362. The number of carbonyl (C=O) groups excluding carboxylic acids is 2. The third kappa shape index (κ3) is 6.08. The van der Waals surface area contributed by atoms with Gasteiger partial charge < -0.3 is 10.2 Å². The highest BCUT2D eigenvalue weighted by molar-refractivity contribution is 7.09. The predicted molar refractivity (Wildman–Crippen MR) is 140 cm³/mol. The van der Waals surface area contributed by atoms with Gasteiger partial charge in [0.15, 0.2) is 0 Å². The lowest BCUT2D eigenvalue weighted by Gasteiger charge is -2.31. The SMILES string of the molecule is Cc1ccc(-c2nnn(CC(=O)N(Cc3cccs3)[C@H](C(=O)NC3CCCC3)c3ccncc3)n2)cc1. The minimum Gasteiger partial charge on any atom is -0.351 e. The molecule has 1 N–H and O–H groups in total. The Kier molecular flexibility index (Phi) is 7.65. The highest BCUT2D eigenvalue weighted by atomic mass is 32.1. The van der Waals surface area contributed by atoms with Gasteiger partial charge in [0.1, 0.15) is 12.6 Å². The standard InChI is InChI=1S/C27H29N7O2S/c1-19-8-10-21(11-9-19)26-30-32-34(31-26)18-24(35)33(17-23-7-4-16-37-23)25(20-12-14-28-15-13-20)27(36)29-22-5-2-3-6-22/h4,7-16,22,25H,2-3,5-6,17-18H2,1H3,(H,29,36)/t25-/m0/s1. The van der Waals surface area contributed by atoms with Crippen LogP contribution in [0.1, 0.15) is 47.7 Å². The lowest BCUT2D eigenvalue weighted by atomic mass is 10.0. The summed E-state index contributed by atoms with van der Waals surface area (Å²) in [4.78, 5) is 35.5. The summed E-state index contributed by atoms with van der Waals surface area (Å²) in [6, 6.07) is 14.6. The Balaban J connectivity index is 1.43. The average Bonchev–Trinajstić information content (AvgIpc) is 3.69. The molecule has 10 heteroatoms. The Hall–Kier alpha value is -3.92. The molecule has 4 aromatic rings. The molecule has 0 spiro atoms. The summed E-state index contributed by atoms with van der Waals surface area (Å²) in [7, 11) is 0. The third-order valence-corrected chi connectivity index (χ3v) is 7.41. The summed E-state index contributed by atoms with van der Waals surface area (Å²) >= 11 is 1.55. The van der Waals surface area contributed by atoms with Crippen molar-refractivity contribution in [1.82, 2.24) is 35.4 Å². The van der Waals surface area contributed by atoms with E-state index in [0.717, 1.165) is 41.7 Å². The summed E-state index contributed by atoms with van der Waals surface area (Å²) < 4.78 is 0. The first-order valence-electron chi connectivity index (χ1n) is 12.4. The molecule has 3 heterocycles. The van der Waals surface area contributed by atoms with Gasteiger partial charge in [-0.3, -0.25) is 14.6 Å². The van der Waals surface area contributed by atoms with Crippen LogP contribution in [0.4, 0.5) is 0 Å². The number of tetrazole rings is 1. The van der Waals surface area contributed by atoms with Crippen molar-refractivity contribution in [3.05, 3.63) is 82.3 Å². The number of pyridine rings is 1. The molecule has 1 aromatic carbocycles. The first kappa shape index (κ1) is 24.8. The second-order valence-electron chi connectivity index (χ2n) is 9.28. The van der Waals surface area contributed by atoms with E-state index in [0.29, 0.717) is 17.9 Å². The maximum Gasteiger partial charge on any atom is 0.247 e. The fourth-order valence-electron chi connectivity index (χ4n) is 4.60. The zero-order valence-electron chi connectivity index (χ0n) is 20.7. The summed E-state index contributed by atoms with van der Waals surface area (Å²) in [6.07, 6.45) is 7.41. The molecule has 0 saturated heterocycles. The van der Waals surface area contributed by atoms with E-state index < -0.39 is 6.04 Å². The molecular weight excluding hydrogens is 486 g/mol. The minimum atomic E-state index is -0.807. The van der Waals surface area contributed by atoms with Crippen LogP contribution in [-0.4, -0.2) is 47.9 Å². The van der Waals surface area contributed by atoms with Gasteiger partial charge in [-0.1, -0.05) is 48.7 Å². The van der Waals surface area contributed by atoms with E-state index in [1.807, 2.05) is 48.7 Å². The Morgan fingerprint density at radius 3 is 2.57 bits per heavy atom. The van der Waals surface area contributed by atoms with Gasteiger partial charge in [-0.15, -0.1) is 21.5 Å². The molecule has 0 bridgehead atoms. The number of carbonyl (C=O) groups is 2. The van der Waals surface area contributed by atoms with Crippen molar-refractivity contribution in [2.45, 2.75) is 57.8 Å². The van der Waals surface area contributed by atoms with Gasteiger partial charge in [0.2, 0.25) is 17.6 Å². The number of rotatable bonds is 9. The zero-order chi connectivity index (χ0) is 25.6. The molecule has 190 valence electrons. The normalized spacial score (nSPS) is 14.4. The molecule has 1 fully saturated rings. The number of benzene rings is 1. The van der Waals surface area contributed by atoms with Gasteiger partial charge in [0.25, 0.3) is 0 Å². The number of nitrogens with one attached hydrogen (secondary N) is 1. The Bertz CT molecular complexity index is 1320. The molecule has 37 heavy (non-hydrogen) atoms. The molecule has 5 rings (SSSR count). The molecule has 0 radical (unpaired) electrons. The Morgan fingerprint density at radius 1 is 1.11 bits per heavy atom. The van der Waals surface area contributed by atoms with E-state index in [-0.39, 0.29) is 24.4 Å². The van der Waals surface area contributed by atoms with Crippen molar-refractivity contribution >= 4 is 23.2 Å². The third-order valence-electron chi connectivity index (χ3n) is 6.55. The zero-order valence-corrected chi connectivity index (χ0v) is 21.5. The van der Waals surface area contributed by atoms with Crippen LogP contribution in [0.2, 0.25) is 0 Å². The smallest absolute Gasteiger partial charge is 0.247 e. The van der Waals surface area contributed by atoms with Crippen LogP contribution < -0.4 is 5.32 Å². The van der Waals surface area contributed by atoms with E-state index >= 15 is 0 Å². The Morgan fingerprint density at radius 2 is 1.86 bits per heavy atom. The highest BCUT2D eigenvalue weighted by Gasteiger charge is 2.34. The summed E-state index contributed by atoms with van der Waals surface area (Å²) in [5.41, 5.74) is 2.67. The van der Waals surface area contributed by atoms with Gasteiger partial charge in [-0.05, 0) is 54.1 Å². The van der Waals surface area contributed by atoms with Crippen molar-refractivity contribution in [3.63, 3.8) is 0 Å². The lowest BCUT2D eigenvalue weighted by Crippen LogP contribution is -2.46. The summed E-state index contributed by atoms with van der Waals surface area (Å²) in [5, 5.41) is 17.8. The van der Waals surface area contributed by atoms with Crippen molar-refractivity contribution in [2.24, 2.45) is 0 Å². The van der Waals surface area contributed by atoms with Crippen LogP contribution in [0, 0.1) is 6.92 Å². The molecule has 3 aromatic heterocycles. The number of nitrogens with zero attached hydrogens (tertiary/aromatic N) is 6. The number of hydrogen-bond donors (Lipinski definition) is 1. The van der Waals surface area contributed by atoms with Crippen LogP contribution in [-0.2, 0) is 22.7 Å². The minimum absolute atomic E-state index is 0.129. The van der Waals surface area contributed by atoms with Crippen LogP contribution >= 0.6 is 11.3 Å². The second-order valence-corrected chi connectivity index (χ2v) is 10.3. The average molecular weight is 516 g/mol. The maximum absolute atomic E-state index is 13.8. The topological polar surface area (TPSA) is 106 Å². The fourth-order valence-corrected chi connectivity index (χ4v) is 5.31. The van der Waals surface area contributed by atoms with Crippen LogP contribution in [0.3, 0.4) is 0 Å². The number of hydrogen-bond acceptors (Lipinski definition) is 7. The fraction of sp³-hybridized carbons (Fsp3) is 0.333. The largest absolute Gasteiger partial charge is 0.351 e. The monoisotopic (exact) mass is 515 g/mol. The van der Waals surface area contributed by atoms with Gasteiger partial charge in [-0.25, -0.2) is 0 Å². The molecule has 1 aliphatic carbocycles. The number of aromatic nitrogens is 5. The second kappa shape index (κ2) is 11.4. The van der Waals surface area contributed by atoms with Gasteiger partial charge in [0, 0.05) is 28.9 Å². The highest BCUT2D eigenvalue weighted by Crippen LogP contribution is 2.27. The summed E-state index contributed by atoms with van der Waals surface area (Å²) in [6.45, 7) is 2.17. The van der Waals surface area contributed by atoms with Crippen molar-refractivity contribution in [2.75, 3.05) is 0 Å². The molecule has 0 unspecified atom stereocenters. The molecule has 9 nitrogen and oxygen atoms in total. The molecule has 1 saturated carbocycles. The van der Waals surface area contributed by atoms with Gasteiger partial charge >= 0.3 is 0 Å². The van der Waals surface area contributed by atoms with E-state index in [9.17, 15) is 9.59 Å². The molecule has 1 aliphatic rings. The summed E-state index contributed by atoms with van der Waals surface area (Å²) in [5.74, 6) is -0.0122. The van der Waals surface area contributed by atoms with Gasteiger partial charge in [-0.2, -0.15) is 4.80 Å². The number of amides is 2. The van der Waals surface area contributed by atoms with E-state index in [2.05, 4.69) is 25.7 Å². The number of aryl methyl sites for hydroxylation is 1. The predicted octanol–water partition coefficient (Wildman–Crippen LogP) is 3.93. The van der Waals surface area contributed by atoms with Gasteiger partial charge in [0.05, 0.1) is 6.54 Å². The van der Waals surface area contributed by atoms with E-state index in [1.165, 1.54) is 4.80 Å². The lowest BCUT2D eigenvalue weighted by molar-refractivity contribution is -0.142. The first-order chi connectivity index (χ1) is 18.1. The molecular formula is C27H29N7O2S. The van der Waals surface area contributed by atoms with Crippen LogP contribution in [0.25, 0.3) is 11.4 Å². The molecule has 2 amide bonds. The molecule has 1 atom stereocenters. The van der Waals surface area contributed by atoms with E-state index in [1.54, 1.807) is 40.8 Å². The van der Waals surface area contributed by atoms with Crippen molar-refractivity contribution in [1.29, 1.82) is 0 Å². The molecule has 0 aliphatic heterocycles.